The third-order valence-electron chi connectivity index (χ3n) is 5.28. The lowest BCUT2D eigenvalue weighted by atomic mass is 10.1. The normalized spacial score (nSPS) is 11.8. The first-order valence-corrected chi connectivity index (χ1v) is 12.2. The standard InChI is InChI=1S/C24H21ClF3N3O3S.ClH/c1-15-10-19(34-24(26,27)28)7-9-22(15)30-18-6-8-21-16(13-29-2)14-31(23(21)12-18)35(32,33)20-5-3-4-17(25)11-20;/h3-12,14,29-30H,13H2,1-2H3;1H. The molecule has 0 spiro atoms. The predicted molar refractivity (Wildman–Crippen MR) is 137 cm³/mol. The summed E-state index contributed by atoms with van der Waals surface area (Å²) in [5, 5.41) is 7.21. The van der Waals surface area contributed by atoms with E-state index in [1.165, 1.54) is 34.3 Å². The van der Waals surface area contributed by atoms with Gasteiger partial charge in [-0.05, 0) is 73.6 Å². The minimum Gasteiger partial charge on any atom is -0.406 e. The van der Waals surface area contributed by atoms with E-state index in [9.17, 15) is 21.6 Å². The molecule has 0 saturated heterocycles. The Morgan fingerprint density at radius 2 is 1.81 bits per heavy atom. The molecule has 0 aliphatic heterocycles. The molecule has 0 aliphatic rings. The fourth-order valence-corrected chi connectivity index (χ4v) is 5.43. The number of halogens is 5. The summed E-state index contributed by atoms with van der Waals surface area (Å²) in [6.45, 7) is 2.09. The van der Waals surface area contributed by atoms with Crippen LogP contribution in [0, 0.1) is 6.92 Å². The highest BCUT2D eigenvalue weighted by Crippen LogP contribution is 2.32. The number of fused-ring (bicyclic) bond motifs is 1. The number of aromatic nitrogens is 1. The minimum absolute atomic E-state index is 0. The van der Waals surface area contributed by atoms with Crippen molar-refractivity contribution in [3.8, 4) is 5.75 Å². The molecule has 2 N–H and O–H groups in total. The summed E-state index contributed by atoms with van der Waals surface area (Å²) in [5.41, 5.74) is 2.84. The van der Waals surface area contributed by atoms with Crippen molar-refractivity contribution in [2.24, 2.45) is 0 Å². The molecule has 0 bridgehead atoms. The van der Waals surface area contributed by atoms with E-state index in [0.717, 1.165) is 10.9 Å². The lowest BCUT2D eigenvalue weighted by Crippen LogP contribution is -2.17. The molecule has 36 heavy (non-hydrogen) atoms. The van der Waals surface area contributed by atoms with Gasteiger partial charge in [0.05, 0.1) is 10.4 Å². The maximum atomic E-state index is 13.5. The van der Waals surface area contributed by atoms with Crippen LogP contribution >= 0.6 is 24.0 Å². The zero-order valence-electron chi connectivity index (χ0n) is 19.1. The van der Waals surface area contributed by atoms with E-state index in [0.29, 0.717) is 34.0 Å². The van der Waals surface area contributed by atoms with Crippen LogP contribution in [0.15, 0.2) is 71.8 Å². The van der Waals surface area contributed by atoms with Crippen LogP contribution in [-0.4, -0.2) is 25.8 Å². The van der Waals surface area contributed by atoms with Crippen LogP contribution in [0.4, 0.5) is 24.5 Å². The van der Waals surface area contributed by atoms with Gasteiger partial charge >= 0.3 is 6.36 Å². The summed E-state index contributed by atoms with van der Waals surface area (Å²) >= 11 is 6.02. The van der Waals surface area contributed by atoms with Crippen molar-refractivity contribution in [3.05, 3.63) is 83.0 Å². The molecule has 0 amide bonds. The summed E-state index contributed by atoms with van der Waals surface area (Å²) in [7, 11) is -2.19. The van der Waals surface area contributed by atoms with Crippen molar-refractivity contribution in [2.45, 2.75) is 24.7 Å². The number of nitrogens with zero attached hydrogens (tertiary/aromatic N) is 1. The highest BCUT2D eigenvalue weighted by Gasteiger charge is 2.31. The second-order valence-electron chi connectivity index (χ2n) is 7.82. The van der Waals surface area contributed by atoms with Gasteiger partial charge in [0.15, 0.2) is 0 Å². The highest BCUT2D eigenvalue weighted by molar-refractivity contribution is 7.90. The van der Waals surface area contributed by atoms with Gasteiger partial charge in [-0.1, -0.05) is 23.7 Å². The van der Waals surface area contributed by atoms with Gasteiger partial charge < -0.3 is 15.4 Å². The maximum absolute atomic E-state index is 13.5. The Bertz CT molecular complexity index is 1510. The number of hydrogen-bond donors (Lipinski definition) is 2. The van der Waals surface area contributed by atoms with Gasteiger partial charge in [-0.3, -0.25) is 0 Å². The van der Waals surface area contributed by atoms with E-state index >= 15 is 0 Å². The lowest BCUT2D eigenvalue weighted by molar-refractivity contribution is -0.274. The number of benzene rings is 3. The van der Waals surface area contributed by atoms with Crippen LogP contribution in [0.2, 0.25) is 5.02 Å². The Morgan fingerprint density at radius 3 is 2.44 bits per heavy atom. The molecule has 6 nitrogen and oxygen atoms in total. The van der Waals surface area contributed by atoms with Crippen LogP contribution in [0.3, 0.4) is 0 Å². The van der Waals surface area contributed by atoms with E-state index in [1.807, 2.05) is 0 Å². The van der Waals surface area contributed by atoms with Crippen molar-refractivity contribution < 1.29 is 26.3 Å². The molecule has 0 unspecified atom stereocenters. The molecule has 4 aromatic rings. The molecule has 0 radical (unpaired) electrons. The zero-order chi connectivity index (χ0) is 25.4. The third-order valence-corrected chi connectivity index (χ3v) is 7.19. The number of rotatable bonds is 7. The number of hydrogen-bond acceptors (Lipinski definition) is 5. The molecule has 3 aromatic carbocycles. The number of ether oxygens (including phenoxy) is 1. The van der Waals surface area contributed by atoms with Crippen LogP contribution in [0.1, 0.15) is 11.1 Å². The van der Waals surface area contributed by atoms with Gasteiger partial charge in [-0.2, -0.15) is 0 Å². The van der Waals surface area contributed by atoms with Crippen LogP contribution < -0.4 is 15.4 Å². The highest BCUT2D eigenvalue weighted by atomic mass is 35.5. The summed E-state index contributed by atoms with van der Waals surface area (Å²) in [6, 6.07) is 15.2. The van der Waals surface area contributed by atoms with E-state index < -0.39 is 16.4 Å². The van der Waals surface area contributed by atoms with Gasteiger partial charge in [-0.25, -0.2) is 12.4 Å². The second kappa shape index (κ2) is 10.6. The summed E-state index contributed by atoms with van der Waals surface area (Å²) in [4.78, 5) is 0.0485. The second-order valence-corrected chi connectivity index (χ2v) is 10.1. The summed E-state index contributed by atoms with van der Waals surface area (Å²) in [5.74, 6) is -0.325. The molecular weight excluding hydrogens is 538 g/mol. The van der Waals surface area contributed by atoms with Crippen LogP contribution in [0.5, 0.6) is 5.75 Å². The van der Waals surface area contributed by atoms with Crippen LogP contribution in [-0.2, 0) is 16.6 Å². The van der Waals surface area contributed by atoms with E-state index in [2.05, 4.69) is 15.4 Å². The Balaban J connectivity index is 0.00000361. The first-order valence-electron chi connectivity index (χ1n) is 10.4. The van der Waals surface area contributed by atoms with Gasteiger partial charge in [-0.15, -0.1) is 25.6 Å². The number of alkyl halides is 3. The molecule has 1 aromatic heterocycles. The van der Waals surface area contributed by atoms with Crippen LogP contribution in [0.25, 0.3) is 10.9 Å². The largest absolute Gasteiger partial charge is 0.573 e. The first-order chi connectivity index (χ1) is 16.5. The Labute approximate surface area is 217 Å². The average molecular weight is 560 g/mol. The molecule has 0 atom stereocenters. The molecule has 1 heterocycles. The molecular formula is C24H22Cl2F3N3O3S. The van der Waals surface area contributed by atoms with Gasteiger partial charge in [0, 0.05) is 34.5 Å². The molecule has 0 saturated carbocycles. The molecule has 0 fully saturated rings. The van der Waals surface area contributed by atoms with Gasteiger partial charge in [0.25, 0.3) is 10.0 Å². The maximum Gasteiger partial charge on any atom is 0.573 e. The SMILES string of the molecule is CNCc1cn(S(=O)(=O)c2cccc(Cl)c2)c2cc(Nc3ccc(OC(F)(F)F)cc3C)ccc12.Cl. The van der Waals surface area contributed by atoms with Crippen molar-refractivity contribution >= 4 is 56.3 Å². The van der Waals surface area contributed by atoms with Crippen molar-refractivity contribution in [1.29, 1.82) is 0 Å². The summed E-state index contributed by atoms with van der Waals surface area (Å²) in [6.07, 6.45) is -3.22. The Hall–Kier alpha value is -2.92. The quantitative estimate of drug-likeness (QED) is 0.266. The van der Waals surface area contributed by atoms with Crippen molar-refractivity contribution in [2.75, 3.05) is 12.4 Å². The molecule has 4 rings (SSSR count). The number of nitrogens with one attached hydrogen (secondary N) is 2. The minimum atomic E-state index is -4.78. The fourth-order valence-electron chi connectivity index (χ4n) is 3.74. The molecule has 192 valence electrons. The summed E-state index contributed by atoms with van der Waals surface area (Å²) < 4.78 is 69.6. The Morgan fingerprint density at radius 1 is 1.06 bits per heavy atom. The topological polar surface area (TPSA) is 72.4 Å². The third kappa shape index (κ3) is 5.89. The number of anilines is 2. The fraction of sp³-hybridized carbons (Fsp3) is 0.167. The molecule has 0 aliphatic carbocycles. The predicted octanol–water partition coefficient (Wildman–Crippen LogP) is 6.62. The Kier molecular flexibility index (Phi) is 8.14. The zero-order valence-corrected chi connectivity index (χ0v) is 21.4. The molecule has 12 heteroatoms. The van der Waals surface area contributed by atoms with Gasteiger partial charge in [0.1, 0.15) is 5.75 Å². The van der Waals surface area contributed by atoms with Crippen molar-refractivity contribution in [1.82, 2.24) is 9.29 Å². The lowest BCUT2D eigenvalue weighted by Gasteiger charge is -2.14. The average Bonchev–Trinajstić information content (AvgIpc) is 3.13. The van der Waals surface area contributed by atoms with Gasteiger partial charge in [0.2, 0.25) is 0 Å². The first kappa shape index (κ1) is 27.7. The smallest absolute Gasteiger partial charge is 0.406 e. The number of aryl methyl sites for hydroxylation is 1. The van der Waals surface area contributed by atoms with E-state index in [1.54, 1.807) is 50.5 Å². The van der Waals surface area contributed by atoms with E-state index in [4.69, 9.17) is 11.6 Å². The van der Waals surface area contributed by atoms with E-state index in [-0.39, 0.29) is 23.1 Å². The monoisotopic (exact) mass is 559 g/mol. The van der Waals surface area contributed by atoms with Crippen molar-refractivity contribution in [3.63, 3.8) is 0 Å².